The third-order valence-electron chi connectivity index (χ3n) is 2.91. The number of fused-ring (bicyclic) bond motifs is 1. The number of carbonyl (C=O) groups excluding carboxylic acids is 1. The molecule has 0 unspecified atom stereocenters. The van der Waals surface area contributed by atoms with Crippen LogP contribution >= 0.6 is 0 Å². The molecule has 4 heteroatoms. The van der Waals surface area contributed by atoms with E-state index in [1.165, 1.54) is 0 Å². The third kappa shape index (κ3) is 1.50. The van der Waals surface area contributed by atoms with E-state index in [-0.39, 0.29) is 11.4 Å². The van der Waals surface area contributed by atoms with Gasteiger partial charge in [-0.25, -0.2) is 0 Å². The zero-order valence-electron chi connectivity index (χ0n) is 9.87. The number of carbonyl (C=O) groups is 1. The summed E-state index contributed by atoms with van der Waals surface area (Å²) in [6.07, 6.45) is 0. The summed E-state index contributed by atoms with van der Waals surface area (Å²) in [4.78, 5) is 14.0. The Balaban J connectivity index is 2.51. The van der Waals surface area contributed by atoms with E-state index in [2.05, 4.69) is 0 Å². The highest BCUT2D eigenvalue weighted by atomic mass is 16.2. The molecule has 0 bridgehead atoms. The maximum atomic E-state index is 12.2. The van der Waals surface area contributed by atoms with Crippen molar-refractivity contribution in [3.63, 3.8) is 0 Å². The minimum atomic E-state index is -0.197. The average molecular weight is 219 g/mol. The molecule has 4 N–H and O–H groups in total. The lowest BCUT2D eigenvalue weighted by Gasteiger charge is -2.31. The highest BCUT2D eigenvalue weighted by Gasteiger charge is 2.35. The minimum absolute atomic E-state index is 0.0153. The van der Waals surface area contributed by atoms with Crippen molar-refractivity contribution in [1.82, 2.24) is 4.90 Å². The molecule has 1 aliphatic heterocycles. The Bertz CT molecular complexity index is 460. The third-order valence-corrected chi connectivity index (χ3v) is 2.91. The van der Waals surface area contributed by atoms with E-state index in [4.69, 9.17) is 11.5 Å². The Kier molecular flexibility index (Phi) is 2.12. The number of benzene rings is 1. The van der Waals surface area contributed by atoms with E-state index < -0.39 is 0 Å². The molecule has 4 nitrogen and oxygen atoms in total. The highest BCUT2D eigenvalue weighted by Crippen LogP contribution is 2.33. The summed E-state index contributed by atoms with van der Waals surface area (Å²) in [5.74, 6) is 0.0153. The van der Waals surface area contributed by atoms with Gasteiger partial charge in [0.05, 0.1) is 0 Å². The van der Waals surface area contributed by atoms with Crippen LogP contribution in [0.25, 0.3) is 0 Å². The normalized spacial score (nSPS) is 15.4. The number of nitrogen functional groups attached to an aromatic ring is 2. The van der Waals surface area contributed by atoms with Crippen LogP contribution < -0.4 is 11.5 Å². The summed E-state index contributed by atoms with van der Waals surface area (Å²) in [5, 5.41) is 0. The second-order valence-corrected chi connectivity index (χ2v) is 5.20. The fraction of sp³-hybridized carbons (Fsp3) is 0.417. The lowest BCUT2D eigenvalue weighted by atomic mass is 10.1. The number of amides is 1. The van der Waals surface area contributed by atoms with Crippen LogP contribution in [0.15, 0.2) is 12.1 Å². The van der Waals surface area contributed by atoms with E-state index in [0.29, 0.717) is 23.5 Å². The second kappa shape index (κ2) is 3.14. The molecule has 1 heterocycles. The first kappa shape index (κ1) is 10.8. The zero-order chi connectivity index (χ0) is 12.1. The number of nitrogens with two attached hydrogens (primary N) is 2. The Morgan fingerprint density at radius 2 is 1.88 bits per heavy atom. The number of anilines is 2. The van der Waals surface area contributed by atoms with Crippen molar-refractivity contribution in [3.05, 3.63) is 23.3 Å². The summed E-state index contributed by atoms with van der Waals surface area (Å²) in [7, 11) is 0. The fourth-order valence-electron chi connectivity index (χ4n) is 2.00. The molecule has 0 atom stereocenters. The first-order valence-corrected chi connectivity index (χ1v) is 5.30. The van der Waals surface area contributed by atoms with Crippen LogP contribution in [0.5, 0.6) is 0 Å². The zero-order valence-corrected chi connectivity index (χ0v) is 9.87. The van der Waals surface area contributed by atoms with Gasteiger partial charge in [0.25, 0.3) is 5.91 Å². The highest BCUT2D eigenvalue weighted by molar-refractivity contribution is 6.01. The summed E-state index contributed by atoms with van der Waals surface area (Å²) in [5.41, 5.74) is 14.1. The molecule has 1 aromatic carbocycles. The Hall–Kier alpha value is -1.71. The molecule has 0 aliphatic carbocycles. The molecule has 0 spiro atoms. The monoisotopic (exact) mass is 219 g/mol. The summed E-state index contributed by atoms with van der Waals surface area (Å²) >= 11 is 0. The lowest BCUT2D eigenvalue weighted by Crippen LogP contribution is -2.41. The van der Waals surface area contributed by atoms with Gasteiger partial charge in [-0.2, -0.15) is 0 Å². The van der Waals surface area contributed by atoms with Gasteiger partial charge in [-0.3, -0.25) is 4.79 Å². The van der Waals surface area contributed by atoms with E-state index >= 15 is 0 Å². The van der Waals surface area contributed by atoms with Crippen molar-refractivity contribution in [2.75, 3.05) is 11.5 Å². The minimum Gasteiger partial charge on any atom is -0.399 e. The van der Waals surface area contributed by atoms with Gasteiger partial charge in [-0.15, -0.1) is 0 Å². The molecule has 0 radical (unpaired) electrons. The molecule has 1 aromatic rings. The fourth-order valence-corrected chi connectivity index (χ4v) is 2.00. The maximum Gasteiger partial charge on any atom is 0.255 e. The van der Waals surface area contributed by atoms with E-state index in [1.807, 2.05) is 25.7 Å². The van der Waals surface area contributed by atoms with Crippen LogP contribution in [0.1, 0.15) is 36.7 Å². The van der Waals surface area contributed by atoms with Crippen molar-refractivity contribution in [2.24, 2.45) is 0 Å². The van der Waals surface area contributed by atoms with Crippen LogP contribution in [0.3, 0.4) is 0 Å². The van der Waals surface area contributed by atoms with Crippen LogP contribution in [0.4, 0.5) is 11.4 Å². The largest absolute Gasteiger partial charge is 0.399 e. The molecule has 0 saturated carbocycles. The van der Waals surface area contributed by atoms with Gasteiger partial charge in [0, 0.05) is 34.6 Å². The molecule has 1 aliphatic rings. The molecule has 0 fully saturated rings. The van der Waals surface area contributed by atoms with Crippen molar-refractivity contribution >= 4 is 17.3 Å². The predicted octanol–water partition coefficient (Wildman–Crippen LogP) is 1.61. The SMILES string of the molecule is CC(C)(C)N1Cc2c(N)cc(N)cc2C1=O. The topological polar surface area (TPSA) is 72.3 Å². The van der Waals surface area contributed by atoms with Gasteiger partial charge in [0.2, 0.25) is 0 Å². The second-order valence-electron chi connectivity index (χ2n) is 5.20. The molecule has 86 valence electrons. The smallest absolute Gasteiger partial charge is 0.255 e. The molecule has 0 saturated heterocycles. The van der Waals surface area contributed by atoms with Gasteiger partial charge < -0.3 is 16.4 Å². The Morgan fingerprint density at radius 1 is 1.25 bits per heavy atom. The molecular formula is C12H17N3O. The van der Waals surface area contributed by atoms with Gasteiger partial charge in [-0.05, 0) is 32.9 Å². The number of nitrogens with zero attached hydrogens (tertiary/aromatic N) is 1. The molecule has 2 rings (SSSR count). The molecule has 1 amide bonds. The quantitative estimate of drug-likeness (QED) is 0.651. The van der Waals surface area contributed by atoms with Crippen molar-refractivity contribution in [2.45, 2.75) is 32.9 Å². The van der Waals surface area contributed by atoms with Crippen LogP contribution in [-0.4, -0.2) is 16.3 Å². The van der Waals surface area contributed by atoms with Crippen molar-refractivity contribution < 1.29 is 4.79 Å². The first-order chi connectivity index (χ1) is 7.30. The number of hydrogen-bond acceptors (Lipinski definition) is 3. The Labute approximate surface area is 95.2 Å². The number of hydrogen-bond donors (Lipinski definition) is 2. The average Bonchev–Trinajstić information content (AvgIpc) is 2.43. The van der Waals surface area contributed by atoms with Crippen molar-refractivity contribution in [1.29, 1.82) is 0 Å². The molecule has 16 heavy (non-hydrogen) atoms. The standard InChI is InChI=1S/C12H17N3O/c1-12(2,3)15-6-9-8(11(15)16)4-7(13)5-10(9)14/h4-5H,6,13-14H2,1-3H3. The van der Waals surface area contributed by atoms with Gasteiger partial charge in [0.1, 0.15) is 0 Å². The van der Waals surface area contributed by atoms with Crippen molar-refractivity contribution in [3.8, 4) is 0 Å². The first-order valence-electron chi connectivity index (χ1n) is 5.30. The summed E-state index contributed by atoms with van der Waals surface area (Å²) < 4.78 is 0. The van der Waals surface area contributed by atoms with Gasteiger partial charge >= 0.3 is 0 Å². The molecule has 0 aromatic heterocycles. The Morgan fingerprint density at radius 3 is 2.44 bits per heavy atom. The summed E-state index contributed by atoms with van der Waals surface area (Å²) in [6, 6.07) is 3.41. The van der Waals surface area contributed by atoms with Crippen LogP contribution in [-0.2, 0) is 6.54 Å². The maximum absolute atomic E-state index is 12.2. The number of rotatable bonds is 0. The van der Waals surface area contributed by atoms with Crippen LogP contribution in [0.2, 0.25) is 0 Å². The van der Waals surface area contributed by atoms with Crippen LogP contribution in [0, 0.1) is 0 Å². The van der Waals surface area contributed by atoms with E-state index in [1.54, 1.807) is 12.1 Å². The van der Waals surface area contributed by atoms with E-state index in [0.717, 1.165) is 5.56 Å². The van der Waals surface area contributed by atoms with Gasteiger partial charge in [0.15, 0.2) is 0 Å². The van der Waals surface area contributed by atoms with E-state index in [9.17, 15) is 4.79 Å². The van der Waals surface area contributed by atoms with Gasteiger partial charge in [-0.1, -0.05) is 0 Å². The predicted molar refractivity (Wildman–Crippen MR) is 64.9 cm³/mol. The summed E-state index contributed by atoms with van der Waals surface area (Å²) in [6.45, 7) is 6.60. The lowest BCUT2D eigenvalue weighted by molar-refractivity contribution is 0.0610. The molecular weight excluding hydrogens is 202 g/mol.